The zero-order valence-corrected chi connectivity index (χ0v) is 13.0. The number of ether oxygens (including phenoxy) is 2. The molecule has 2 aliphatic rings. The summed E-state index contributed by atoms with van der Waals surface area (Å²) >= 11 is 9.51. The van der Waals surface area contributed by atoms with Crippen LogP contribution in [0.25, 0.3) is 0 Å². The number of anilines is 1. The Labute approximate surface area is 126 Å². The molecule has 19 heavy (non-hydrogen) atoms. The second kappa shape index (κ2) is 5.60. The third-order valence-electron chi connectivity index (χ3n) is 3.85. The van der Waals surface area contributed by atoms with Crippen molar-refractivity contribution in [3.8, 4) is 0 Å². The minimum Gasteiger partial charge on any atom is -0.382 e. The first-order valence-electron chi connectivity index (χ1n) is 6.66. The predicted molar refractivity (Wildman–Crippen MR) is 79.7 cm³/mol. The first-order valence-corrected chi connectivity index (χ1v) is 7.83. The van der Waals surface area contributed by atoms with Crippen molar-refractivity contribution >= 4 is 33.2 Å². The highest BCUT2D eigenvalue weighted by Gasteiger charge is 2.40. The zero-order chi connectivity index (χ0) is 13.3. The van der Waals surface area contributed by atoms with Crippen LogP contribution >= 0.6 is 27.5 Å². The van der Waals surface area contributed by atoms with Crippen molar-refractivity contribution in [3.63, 3.8) is 0 Å². The van der Waals surface area contributed by atoms with Crippen molar-refractivity contribution in [2.24, 2.45) is 0 Å². The molecule has 0 atom stereocenters. The number of rotatable bonds is 2. The lowest BCUT2D eigenvalue weighted by Gasteiger charge is -2.36. The largest absolute Gasteiger partial charge is 0.382 e. The van der Waals surface area contributed by atoms with Crippen LogP contribution in [0.5, 0.6) is 0 Å². The van der Waals surface area contributed by atoms with Crippen molar-refractivity contribution in [3.05, 3.63) is 27.7 Å². The molecule has 0 aromatic heterocycles. The summed E-state index contributed by atoms with van der Waals surface area (Å²) in [4.78, 5) is 0. The van der Waals surface area contributed by atoms with Crippen molar-refractivity contribution < 1.29 is 9.47 Å². The summed E-state index contributed by atoms with van der Waals surface area (Å²) in [6.45, 7) is 1.47. The number of nitrogens with one attached hydrogen (secondary N) is 1. The molecule has 1 spiro atoms. The predicted octanol–water partition coefficient (Wildman–Crippen LogP) is 4.20. The fourth-order valence-electron chi connectivity index (χ4n) is 2.81. The van der Waals surface area contributed by atoms with Crippen LogP contribution in [0, 0.1) is 0 Å². The minimum absolute atomic E-state index is 0.282. The van der Waals surface area contributed by atoms with Crippen molar-refractivity contribution in [2.45, 2.75) is 37.5 Å². The molecule has 1 aromatic rings. The smallest absolute Gasteiger partial charge is 0.168 e. The van der Waals surface area contributed by atoms with Crippen molar-refractivity contribution in [1.82, 2.24) is 0 Å². The van der Waals surface area contributed by atoms with Crippen LogP contribution in [0.2, 0.25) is 5.02 Å². The Bertz CT molecular complexity index is 453. The van der Waals surface area contributed by atoms with E-state index in [4.69, 9.17) is 21.1 Å². The molecular formula is C14H17BrClNO2. The van der Waals surface area contributed by atoms with Crippen molar-refractivity contribution in [2.75, 3.05) is 18.5 Å². The molecule has 2 fully saturated rings. The van der Waals surface area contributed by atoms with E-state index in [1.165, 1.54) is 0 Å². The Morgan fingerprint density at radius 2 is 1.89 bits per heavy atom. The average Bonchev–Trinajstić information content (AvgIpc) is 2.86. The molecule has 1 saturated carbocycles. The molecule has 0 radical (unpaired) electrons. The quantitative estimate of drug-likeness (QED) is 0.870. The van der Waals surface area contributed by atoms with E-state index < -0.39 is 0 Å². The van der Waals surface area contributed by atoms with Gasteiger partial charge in [0.15, 0.2) is 5.79 Å². The normalized spacial score (nSPS) is 22.8. The highest BCUT2D eigenvalue weighted by Crippen LogP contribution is 2.37. The highest BCUT2D eigenvalue weighted by molar-refractivity contribution is 9.10. The molecule has 5 heteroatoms. The van der Waals surface area contributed by atoms with Crippen LogP contribution in [0.3, 0.4) is 0 Å². The lowest BCUT2D eigenvalue weighted by atomic mass is 9.90. The van der Waals surface area contributed by atoms with Gasteiger partial charge in [0.25, 0.3) is 0 Å². The van der Waals surface area contributed by atoms with Gasteiger partial charge in [-0.1, -0.05) is 11.6 Å². The standard InChI is InChI=1S/C14H17BrClNO2/c15-12-2-1-11(9-13(12)16)17-10-3-5-14(6-4-10)18-7-8-19-14/h1-2,9-10,17H,3-8H2. The van der Waals surface area contributed by atoms with Crippen LogP contribution in [0.4, 0.5) is 5.69 Å². The third kappa shape index (κ3) is 3.07. The van der Waals surface area contributed by atoms with E-state index in [0.717, 1.165) is 54.1 Å². The molecule has 0 unspecified atom stereocenters. The maximum absolute atomic E-state index is 6.10. The van der Waals surface area contributed by atoms with Crippen LogP contribution in [-0.2, 0) is 9.47 Å². The second-order valence-electron chi connectivity index (χ2n) is 5.16. The minimum atomic E-state index is -0.282. The van der Waals surface area contributed by atoms with Gasteiger partial charge in [0.2, 0.25) is 0 Å². The summed E-state index contributed by atoms with van der Waals surface area (Å²) in [5.41, 5.74) is 1.07. The Hall–Kier alpha value is -0.290. The number of hydrogen-bond donors (Lipinski definition) is 1. The van der Waals surface area contributed by atoms with Crippen LogP contribution < -0.4 is 5.32 Å². The molecule has 1 aliphatic carbocycles. The molecule has 1 heterocycles. The lowest BCUT2D eigenvalue weighted by Crippen LogP contribution is -2.39. The molecule has 0 amide bonds. The summed E-state index contributed by atoms with van der Waals surface area (Å²) in [5, 5.41) is 4.27. The van der Waals surface area contributed by atoms with Gasteiger partial charge in [0.05, 0.1) is 18.2 Å². The molecule has 3 rings (SSSR count). The summed E-state index contributed by atoms with van der Waals surface area (Å²) in [5.74, 6) is -0.282. The second-order valence-corrected chi connectivity index (χ2v) is 6.42. The Morgan fingerprint density at radius 1 is 1.21 bits per heavy atom. The molecule has 0 bridgehead atoms. The van der Waals surface area contributed by atoms with Gasteiger partial charge in [-0.2, -0.15) is 0 Å². The number of halogens is 2. The van der Waals surface area contributed by atoms with Crippen LogP contribution in [-0.4, -0.2) is 25.0 Å². The first kappa shape index (κ1) is 13.7. The molecule has 1 aromatic carbocycles. The van der Waals surface area contributed by atoms with Gasteiger partial charge in [0.1, 0.15) is 0 Å². The molecule has 3 nitrogen and oxygen atoms in total. The summed E-state index contributed by atoms with van der Waals surface area (Å²) < 4.78 is 12.4. The van der Waals surface area contributed by atoms with Gasteiger partial charge in [-0.25, -0.2) is 0 Å². The molecule has 1 N–H and O–H groups in total. The number of hydrogen-bond acceptors (Lipinski definition) is 3. The monoisotopic (exact) mass is 345 g/mol. The van der Waals surface area contributed by atoms with Gasteiger partial charge in [-0.3, -0.25) is 0 Å². The van der Waals surface area contributed by atoms with Crippen LogP contribution in [0.1, 0.15) is 25.7 Å². The van der Waals surface area contributed by atoms with E-state index in [1.807, 2.05) is 18.2 Å². The summed E-state index contributed by atoms with van der Waals surface area (Å²) in [6, 6.07) is 6.44. The molecule has 1 aliphatic heterocycles. The number of benzene rings is 1. The van der Waals surface area contributed by atoms with E-state index in [1.54, 1.807) is 0 Å². The van der Waals surface area contributed by atoms with Crippen LogP contribution in [0.15, 0.2) is 22.7 Å². The van der Waals surface area contributed by atoms with E-state index >= 15 is 0 Å². The SMILES string of the molecule is Clc1cc(NC2CCC3(CC2)OCCO3)ccc1Br. The maximum Gasteiger partial charge on any atom is 0.168 e. The first-order chi connectivity index (χ1) is 9.17. The molecule has 1 saturated heterocycles. The van der Waals surface area contributed by atoms with Gasteiger partial charge < -0.3 is 14.8 Å². The van der Waals surface area contributed by atoms with E-state index in [-0.39, 0.29) is 5.79 Å². The van der Waals surface area contributed by atoms with Crippen molar-refractivity contribution in [1.29, 1.82) is 0 Å². The van der Waals surface area contributed by atoms with Gasteiger partial charge in [0, 0.05) is 29.0 Å². The van der Waals surface area contributed by atoms with Gasteiger partial charge in [-0.15, -0.1) is 0 Å². The fraction of sp³-hybridized carbons (Fsp3) is 0.571. The molecular weight excluding hydrogens is 330 g/mol. The lowest BCUT2D eigenvalue weighted by molar-refractivity contribution is -0.177. The average molecular weight is 347 g/mol. The van der Waals surface area contributed by atoms with E-state index in [0.29, 0.717) is 6.04 Å². The Balaban J connectivity index is 1.58. The summed E-state index contributed by atoms with van der Waals surface area (Å²) in [7, 11) is 0. The maximum atomic E-state index is 6.10. The molecule has 104 valence electrons. The third-order valence-corrected chi connectivity index (χ3v) is 5.08. The highest BCUT2D eigenvalue weighted by atomic mass is 79.9. The zero-order valence-electron chi connectivity index (χ0n) is 10.6. The van der Waals surface area contributed by atoms with E-state index in [9.17, 15) is 0 Å². The topological polar surface area (TPSA) is 30.5 Å². The summed E-state index contributed by atoms with van der Waals surface area (Å²) in [6.07, 6.45) is 4.06. The fourth-order valence-corrected chi connectivity index (χ4v) is 3.24. The van der Waals surface area contributed by atoms with E-state index in [2.05, 4.69) is 21.2 Å². The van der Waals surface area contributed by atoms with Gasteiger partial charge in [-0.05, 0) is 47.0 Å². The van der Waals surface area contributed by atoms with Gasteiger partial charge >= 0.3 is 0 Å². The Morgan fingerprint density at radius 3 is 2.53 bits per heavy atom. The Kier molecular flexibility index (Phi) is 4.03.